The summed E-state index contributed by atoms with van der Waals surface area (Å²) in [7, 11) is 0. The molecule has 21 heavy (non-hydrogen) atoms. The molecule has 0 bridgehead atoms. The van der Waals surface area contributed by atoms with Gasteiger partial charge in [0.05, 0.1) is 10.7 Å². The first-order valence-electron chi connectivity index (χ1n) is 6.13. The number of thioether (sulfide) groups is 1. The Morgan fingerprint density at radius 1 is 1.19 bits per heavy atom. The van der Waals surface area contributed by atoms with Gasteiger partial charge in [-0.25, -0.2) is 0 Å². The van der Waals surface area contributed by atoms with Gasteiger partial charge in [0.25, 0.3) is 0 Å². The molecule has 0 radical (unpaired) electrons. The topological polar surface area (TPSA) is 38.0 Å². The number of thiocarbonyl (C=S) groups is 1. The molecule has 0 saturated carbocycles. The lowest BCUT2D eigenvalue weighted by atomic mass is 10.1. The van der Waals surface area contributed by atoms with E-state index < -0.39 is 0 Å². The standard InChI is InChI=1S/C15H14Cl2N2S2/c1-8-6-10(17)12(7-9(8)16)19-11-4-3-5-13(21-2)14(11)15(18)20/h3-7,19H,1-2H3,(H2,18,20). The first-order chi connectivity index (χ1) is 9.93. The van der Waals surface area contributed by atoms with Gasteiger partial charge in [-0.05, 0) is 43.0 Å². The SMILES string of the molecule is CSc1cccc(Nc2cc(Cl)c(C)cc2Cl)c1C(N)=S. The molecule has 2 aromatic rings. The summed E-state index contributed by atoms with van der Waals surface area (Å²) < 4.78 is 0. The molecule has 0 fully saturated rings. The molecule has 0 unspecified atom stereocenters. The summed E-state index contributed by atoms with van der Waals surface area (Å²) in [6.45, 7) is 1.91. The minimum atomic E-state index is 0.344. The predicted octanol–water partition coefficient (Wildman–Crippen LogP) is 5.40. The van der Waals surface area contributed by atoms with Crippen LogP contribution in [0.25, 0.3) is 0 Å². The van der Waals surface area contributed by atoms with Gasteiger partial charge in [0, 0.05) is 21.2 Å². The average Bonchev–Trinajstić information content (AvgIpc) is 2.44. The molecule has 0 aromatic heterocycles. The Hall–Kier alpha value is -0.940. The van der Waals surface area contributed by atoms with Gasteiger partial charge in [-0.2, -0.15) is 0 Å². The highest BCUT2D eigenvalue weighted by molar-refractivity contribution is 7.98. The van der Waals surface area contributed by atoms with Gasteiger partial charge >= 0.3 is 0 Å². The van der Waals surface area contributed by atoms with Crippen LogP contribution in [-0.4, -0.2) is 11.2 Å². The van der Waals surface area contributed by atoms with Gasteiger partial charge in [-0.3, -0.25) is 0 Å². The van der Waals surface area contributed by atoms with Crippen molar-refractivity contribution in [2.24, 2.45) is 5.73 Å². The highest BCUT2D eigenvalue weighted by Crippen LogP contribution is 2.34. The molecule has 2 rings (SSSR count). The number of hydrogen-bond donors (Lipinski definition) is 2. The fourth-order valence-corrected chi connectivity index (χ4v) is 3.30. The summed E-state index contributed by atoms with van der Waals surface area (Å²) in [5.41, 5.74) is 9.14. The van der Waals surface area contributed by atoms with Crippen LogP contribution >= 0.6 is 47.2 Å². The van der Waals surface area contributed by atoms with Gasteiger partial charge in [-0.15, -0.1) is 11.8 Å². The summed E-state index contributed by atoms with van der Waals surface area (Å²) in [5.74, 6) is 0. The Kier molecular flexibility index (Phi) is 5.38. The van der Waals surface area contributed by atoms with E-state index in [-0.39, 0.29) is 0 Å². The van der Waals surface area contributed by atoms with Crippen LogP contribution in [0.3, 0.4) is 0 Å². The number of hydrogen-bond acceptors (Lipinski definition) is 3. The van der Waals surface area contributed by atoms with Crippen molar-refractivity contribution in [2.45, 2.75) is 11.8 Å². The molecule has 0 atom stereocenters. The molecule has 3 N–H and O–H groups in total. The van der Waals surface area contributed by atoms with Crippen LogP contribution in [0.2, 0.25) is 10.0 Å². The van der Waals surface area contributed by atoms with Crippen molar-refractivity contribution in [1.29, 1.82) is 0 Å². The maximum absolute atomic E-state index is 6.27. The second kappa shape index (κ2) is 6.88. The molecule has 0 saturated heterocycles. The molecule has 6 heteroatoms. The van der Waals surface area contributed by atoms with Crippen LogP contribution in [0.4, 0.5) is 11.4 Å². The van der Waals surface area contributed by atoms with Crippen molar-refractivity contribution in [3.05, 3.63) is 51.5 Å². The van der Waals surface area contributed by atoms with Crippen molar-refractivity contribution < 1.29 is 0 Å². The largest absolute Gasteiger partial charge is 0.389 e. The monoisotopic (exact) mass is 356 g/mol. The third-order valence-corrected chi connectivity index (χ3v) is 4.71. The number of halogens is 2. The van der Waals surface area contributed by atoms with Crippen molar-refractivity contribution in [2.75, 3.05) is 11.6 Å². The zero-order chi connectivity index (χ0) is 15.6. The average molecular weight is 357 g/mol. The van der Waals surface area contributed by atoms with Gasteiger partial charge in [0.2, 0.25) is 0 Å². The van der Waals surface area contributed by atoms with E-state index in [1.54, 1.807) is 17.8 Å². The summed E-state index contributed by atoms with van der Waals surface area (Å²) in [5, 5.41) is 4.52. The minimum Gasteiger partial charge on any atom is -0.389 e. The molecule has 0 aliphatic rings. The zero-order valence-electron chi connectivity index (χ0n) is 11.5. The maximum Gasteiger partial charge on any atom is 0.107 e. The van der Waals surface area contributed by atoms with Crippen LogP contribution in [-0.2, 0) is 0 Å². The van der Waals surface area contributed by atoms with E-state index in [9.17, 15) is 0 Å². The summed E-state index contributed by atoms with van der Waals surface area (Å²) in [6, 6.07) is 9.46. The van der Waals surface area contributed by atoms with Crippen LogP contribution in [0.15, 0.2) is 35.2 Å². The van der Waals surface area contributed by atoms with Crippen molar-refractivity contribution in [1.82, 2.24) is 0 Å². The predicted molar refractivity (Wildman–Crippen MR) is 98.6 cm³/mol. The summed E-state index contributed by atoms with van der Waals surface area (Å²) in [6.07, 6.45) is 1.98. The third-order valence-electron chi connectivity index (χ3n) is 3.01. The van der Waals surface area contributed by atoms with E-state index in [1.165, 1.54) is 0 Å². The van der Waals surface area contributed by atoms with E-state index in [1.807, 2.05) is 37.4 Å². The normalized spacial score (nSPS) is 10.5. The lowest BCUT2D eigenvalue weighted by Crippen LogP contribution is -2.13. The Bertz CT molecular complexity index is 702. The highest BCUT2D eigenvalue weighted by Gasteiger charge is 2.12. The van der Waals surface area contributed by atoms with Crippen LogP contribution in [0.5, 0.6) is 0 Å². The molecule has 0 heterocycles. The fraction of sp³-hybridized carbons (Fsp3) is 0.133. The highest BCUT2D eigenvalue weighted by atomic mass is 35.5. The van der Waals surface area contributed by atoms with Crippen LogP contribution < -0.4 is 11.1 Å². The molecule has 0 aliphatic carbocycles. The van der Waals surface area contributed by atoms with E-state index in [0.717, 1.165) is 27.4 Å². The van der Waals surface area contributed by atoms with Gasteiger partial charge in [0.15, 0.2) is 0 Å². The van der Waals surface area contributed by atoms with Crippen molar-refractivity contribution in [3.8, 4) is 0 Å². The molecule has 2 aromatic carbocycles. The van der Waals surface area contributed by atoms with E-state index in [4.69, 9.17) is 41.2 Å². The second-order valence-electron chi connectivity index (χ2n) is 4.45. The van der Waals surface area contributed by atoms with Crippen molar-refractivity contribution >= 4 is 63.5 Å². The smallest absolute Gasteiger partial charge is 0.107 e. The number of nitrogens with one attached hydrogen (secondary N) is 1. The van der Waals surface area contributed by atoms with Crippen LogP contribution in [0, 0.1) is 6.92 Å². The lowest BCUT2D eigenvalue weighted by Gasteiger charge is -2.16. The first-order valence-corrected chi connectivity index (χ1v) is 8.52. The van der Waals surface area contributed by atoms with Gasteiger partial charge in [-0.1, -0.05) is 41.5 Å². The lowest BCUT2D eigenvalue weighted by molar-refractivity contribution is 1.39. The Morgan fingerprint density at radius 2 is 1.90 bits per heavy atom. The zero-order valence-corrected chi connectivity index (χ0v) is 14.7. The number of aryl methyl sites for hydroxylation is 1. The number of anilines is 2. The molecule has 110 valence electrons. The van der Waals surface area contributed by atoms with Crippen molar-refractivity contribution in [3.63, 3.8) is 0 Å². The molecule has 0 spiro atoms. The number of nitrogens with two attached hydrogens (primary N) is 1. The summed E-state index contributed by atoms with van der Waals surface area (Å²) in [4.78, 5) is 1.36. The third kappa shape index (κ3) is 3.64. The fourth-order valence-electron chi connectivity index (χ4n) is 1.95. The Morgan fingerprint density at radius 3 is 2.52 bits per heavy atom. The van der Waals surface area contributed by atoms with E-state index in [0.29, 0.717) is 15.0 Å². The van der Waals surface area contributed by atoms with Gasteiger partial charge in [0.1, 0.15) is 4.99 Å². The Balaban J connectivity index is 2.49. The van der Waals surface area contributed by atoms with Crippen LogP contribution in [0.1, 0.15) is 11.1 Å². The molecule has 0 aliphatic heterocycles. The first kappa shape index (κ1) is 16.4. The quantitative estimate of drug-likeness (QED) is 0.567. The summed E-state index contributed by atoms with van der Waals surface area (Å²) >= 11 is 19.2. The van der Waals surface area contributed by atoms with Gasteiger partial charge < -0.3 is 11.1 Å². The Labute approximate surface area is 144 Å². The number of rotatable bonds is 4. The minimum absolute atomic E-state index is 0.344. The second-order valence-corrected chi connectivity index (χ2v) is 6.56. The molecular weight excluding hydrogens is 343 g/mol. The maximum atomic E-state index is 6.27. The molecular formula is C15H14Cl2N2S2. The molecule has 2 nitrogen and oxygen atoms in total. The molecule has 0 amide bonds. The number of benzene rings is 2. The van der Waals surface area contributed by atoms with E-state index in [2.05, 4.69) is 5.32 Å². The van der Waals surface area contributed by atoms with E-state index >= 15 is 0 Å².